The molecule has 3 rings (SSSR count). The molecule has 2 aliphatic rings. The van der Waals surface area contributed by atoms with E-state index in [2.05, 4.69) is 0 Å². The smallest absolute Gasteiger partial charge is 0.344 e. The van der Waals surface area contributed by atoms with E-state index in [1.54, 1.807) is 29.5 Å². The Hall–Kier alpha value is -1.75. The van der Waals surface area contributed by atoms with Gasteiger partial charge in [-0.2, -0.15) is 0 Å². The van der Waals surface area contributed by atoms with Crippen LogP contribution in [0.1, 0.15) is 25.3 Å². The van der Waals surface area contributed by atoms with Crippen molar-refractivity contribution < 1.29 is 28.6 Å². The molecule has 0 saturated carbocycles. The number of hydrazine groups is 1. The summed E-state index contributed by atoms with van der Waals surface area (Å²) in [5.74, 6) is -5.06. The Morgan fingerprint density at radius 3 is 2.68 bits per heavy atom. The summed E-state index contributed by atoms with van der Waals surface area (Å²) in [6, 6.07) is 2.75. The zero-order valence-electron chi connectivity index (χ0n) is 13.2. The van der Waals surface area contributed by atoms with Crippen LogP contribution in [0.3, 0.4) is 0 Å². The Bertz CT molecular complexity index is 814. The van der Waals surface area contributed by atoms with Crippen molar-refractivity contribution in [2.45, 2.75) is 31.8 Å². The predicted molar refractivity (Wildman–Crippen MR) is 91.3 cm³/mol. The van der Waals surface area contributed by atoms with Gasteiger partial charge in [0.25, 0.3) is 5.91 Å². The molecular weight excluding hydrogens is 449 g/mol. The van der Waals surface area contributed by atoms with Gasteiger partial charge in [0.1, 0.15) is 5.76 Å². The number of rotatable bonds is 3. The molecule has 1 unspecified atom stereocenters. The fraction of sp³-hybridized carbons (Fsp3) is 0.375. The number of nitrogens with zero attached hydrogens (tertiary/aromatic N) is 2. The van der Waals surface area contributed by atoms with Crippen molar-refractivity contribution in [3.8, 4) is 0 Å². The number of benzene rings is 1. The maximum atomic E-state index is 14.2. The quantitative estimate of drug-likeness (QED) is 0.409. The molecule has 1 saturated heterocycles. The number of aliphatic carboxylic acids is 1. The van der Waals surface area contributed by atoms with E-state index in [1.165, 1.54) is 17.1 Å². The van der Waals surface area contributed by atoms with Gasteiger partial charge >= 0.3 is 5.97 Å². The molecule has 2 N–H and O–H groups in total. The van der Waals surface area contributed by atoms with Gasteiger partial charge in [0.2, 0.25) is 0 Å². The zero-order valence-corrected chi connectivity index (χ0v) is 15.4. The number of carboxylic acids is 1. The summed E-state index contributed by atoms with van der Waals surface area (Å²) in [6.45, 7) is 1.70. The van der Waals surface area contributed by atoms with Crippen LogP contribution in [0.25, 0.3) is 0 Å². The molecule has 0 spiro atoms. The number of amides is 1. The maximum absolute atomic E-state index is 14.2. The number of carbonyl (C=O) groups excluding carboxylic acids is 1. The molecule has 25 heavy (non-hydrogen) atoms. The van der Waals surface area contributed by atoms with Crippen LogP contribution in [-0.4, -0.2) is 44.2 Å². The van der Waals surface area contributed by atoms with E-state index in [0.717, 1.165) is 5.01 Å². The normalized spacial score (nSPS) is 24.0. The summed E-state index contributed by atoms with van der Waals surface area (Å²) in [5, 5.41) is 22.3. The molecule has 134 valence electrons. The standard InChI is InChI=1S/C16H15F2IN2O4/c1-16-5-2-6-21(16)20(14(23)10(13(16)22)15(24)25)7-8-3-4-9(19)12(18)11(8)17/h3-4,22H,2,5-7H2,1H3,(H,24,25). The number of carbonyl (C=O) groups is 2. The largest absolute Gasteiger partial charge is 0.509 e. The fourth-order valence-corrected chi connectivity index (χ4v) is 3.80. The Morgan fingerprint density at radius 1 is 1.36 bits per heavy atom. The van der Waals surface area contributed by atoms with Crippen molar-refractivity contribution in [1.82, 2.24) is 10.0 Å². The van der Waals surface area contributed by atoms with Crippen LogP contribution in [0, 0.1) is 15.2 Å². The first-order valence-electron chi connectivity index (χ1n) is 7.57. The highest BCUT2D eigenvalue weighted by Crippen LogP contribution is 2.41. The lowest BCUT2D eigenvalue weighted by molar-refractivity contribution is -0.162. The van der Waals surface area contributed by atoms with Gasteiger partial charge in [-0.25, -0.2) is 18.6 Å². The molecule has 2 heterocycles. The van der Waals surface area contributed by atoms with Crippen molar-refractivity contribution in [3.05, 3.63) is 44.2 Å². The van der Waals surface area contributed by atoms with Crippen LogP contribution in [0.4, 0.5) is 8.78 Å². The lowest BCUT2D eigenvalue weighted by Crippen LogP contribution is -2.60. The first kappa shape index (κ1) is 18.1. The van der Waals surface area contributed by atoms with E-state index in [-0.39, 0.29) is 15.7 Å². The number of aliphatic hydroxyl groups is 1. The summed E-state index contributed by atoms with van der Waals surface area (Å²) in [7, 11) is 0. The molecule has 6 nitrogen and oxygen atoms in total. The fourth-order valence-electron chi connectivity index (χ4n) is 3.39. The van der Waals surface area contributed by atoms with Crippen LogP contribution in [-0.2, 0) is 16.1 Å². The highest BCUT2D eigenvalue weighted by Gasteiger charge is 2.52. The highest BCUT2D eigenvalue weighted by molar-refractivity contribution is 14.1. The van der Waals surface area contributed by atoms with Gasteiger partial charge in [-0.1, -0.05) is 6.07 Å². The second-order valence-corrected chi connectivity index (χ2v) is 7.39. The van der Waals surface area contributed by atoms with Crippen molar-refractivity contribution in [1.29, 1.82) is 0 Å². The summed E-state index contributed by atoms with van der Waals surface area (Å²) in [4.78, 5) is 24.0. The molecule has 0 aromatic heterocycles. The van der Waals surface area contributed by atoms with E-state index >= 15 is 0 Å². The third-order valence-corrected chi connectivity index (χ3v) is 5.57. The molecule has 0 aliphatic carbocycles. The second kappa shape index (κ2) is 6.20. The third-order valence-electron chi connectivity index (χ3n) is 4.74. The Morgan fingerprint density at radius 2 is 2.04 bits per heavy atom. The molecule has 9 heteroatoms. The van der Waals surface area contributed by atoms with Gasteiger partial charge in [-0.3, -0.25) is 9.80 Å². The van der Waals surface area contributed by atoms with E-state index in [4.69, 9.17) is 0 Å². The number of carboxylic acid groups (broad SMARTS) is 1. The summed E-state index contributed by atoms with van der Waals surface area (Å²) < 4.78 is 28.1. The average Bonchev–Trinajstić information content (AvgIpc) is 2.94. The van der Waals surface area contributed by atoms with E-state index < -0.39 is 40.4 Å². The van der Waals surface area contributed by atoms with Crippen LogP contribution in [0.5, 0.6) is 0 Å². The first-order valence-corrected chi connectivity index (χ1v) is 8.65. The molecule has 1 atom stereocenters. The van der Waals surface area contributed by atoms with E-state index in [1.807, 2.05) is 0 Å². The molecule has 0 bridgehead atoms. The third kappa shape index (κ3) is 2.69. The van der Waals surface area contributed by atoms with Gasteiger partial charge in [-0.15, -0.1) is 0 Å². The molecular formula is C16H15F2IN2O4. The lowest BCUT2D eigenvalue weighted by atomic mass is 9.91. The van der Waals surface area contributed by atoms with Crippen LogP contribution in [0.15, 0.2) is 23.5 Å². The van der Waals surface area contributed by atoms with Gasteiger partial charge in [0.15, 0.2) is 17.2 Å². The van der Waals surface area contributed by atoms with Gasteiger partial charge in [0.05, 0.1) is 15.7 Å². The maximum Gasteiger partial charge on any atom is 0.344 e. The Kier molecular flexibility index (Phi) is 4.48. The van der Waals surface area contributed by atoms with E-state index in [9.17, 15) is 28.6 Å². The summed E-state index contributed by atoms with van der Waals surface area (Å²) in [6.07, 6.45) is 1.07. The lowest BCUT2D eigenvalue weighted by Gasteiger charge is -2.46. The molecule has 1 aromatic carbocycles. The molecule has 1 fully saturated rings. The Labute approximate surface area is 155 Å². The summed E-state index contributed by atoms with van der Waals surface area (Å²) >= 11 is 1.66. The average molecular weight is 464 g/mol. The second-order valence-electron chi connectivity index (χ2n) is 6.23. The number of hydrogen-bond acceptors (Lipinski definition) is 4. The van der Waals surface area contributed by atoms with Gasteiger partial charge in [-0.05, 0) is 48.4 Å². The van der Waals surface area contributed by atoms with Crippen LogP contribution in [0.2, 0.25) is 0 Å². The van der Waals surface area contributed by atoms with Crippen LogP contribution >= 0.6 is 22.6 Å². The predicted octanol–water partition coefficient (Wildman–Crippen LogP) is 2.58. The van der Waals surface area contributed by atoms with Crippen molar-refractivity contribution in [2.24, 2.45) is 0 Å². The minimum atomic E-state index is -1.55. The van der Waals surface area contributed by atoms with Crippen molar-refractivity contribution >= 4 is 34.5 Å². The summed E-state index contributed by atoms with van der Waals surface area (Å²) in [5.41, 5.74) is -1.85. The minimum Gasteiger partial charge on any atom is -0.509 e. The first-order chi connectivity index (χ1) is 11.7. The van der Waals surface area contributed by atoms with Crippen molar-refractivity contribution in [3.63, 3.8) is 0 Å². The van der Waals surface area contributed by atoms with Crippen LogP contribution < -0.4 is 0 Å². The number of fused-ring (bicyclic) bond motifs is 1. The Balaban J connectivity index is 2.06. The topological polar surface area (TPSA) is 81.1 Å². The molecule has 2 aliphatic heterocycles. The minimum absolute atomic E-state index is 0.0633. The van der Waals surface area contributed by atoms with Gasteiger partial charge in [0, 0.05) is 12.1 Å². The number of hydrogen-bond donors (Lipinski definition) is 2. The van der Waals surface area contributed by atoms with E-state index in [0.29, 0.717) is 19.4 Å². The monoisotopic (exact) mass is 464 g/mol. The highest BCUT2D eigenvalue weighted by atomic mass is 127. The zero-order chi connectivity index (χ0) is 18.5. The molecule has 0 radical (unpaired) electrons. The molecule has 1 aromatic rings. The SMILES string of the molecule is CC12CCCN1N(Cc1ccc(I)c(F)c1F)C(=O)C(C(=O)O)=C2O. The number of aliphatic hydroxyl groups excluding tert-OH is 1. The van der Waals surface area contributed by atoms with Crippen molar-refractivity contribution in [2.75, 3.05) is 6.54 Å². The number of halogens is 3. The van der Waals surface area contributed by atoms with Gasteiger partial charge < -0.3 is 10.2 Å². The molecule has 1 amide bonds.